The average molecular weight is 235 g/mol. The lowest BCUT2D eigenvalue weighted by atomic mass is 10.2. The van der Waals surface area contributed by atoms with Gasteiger partial charge in [0.15, 0.2) is 0 Å². The van der Waals surface area contributed by atoms with Gasteiger partial charge >= 0.3 is 11.7 Å². The molecule has 1 aromatic carbocycles. The molecule has 0 bridgehead atoms. The number of rotatable bonds is 3. The minimum absolute atomic E-state index is 0.132. The number of benzene rings is 1. The van der Waals surface area contributed by atoms with E-state index in [1.54, 1.807) is 25.1 Å². The molecule has 6 heteroatoms. The van der Waals surface area contributed by atoms with Gasteiger partial charge in [0.25, 0.3) is 5.76 Å². The van der Waals surface area contributed by atoms with E-state index in [1.807, 2.05) is 0 Å². The predicted octanol–water partition coefficient (Wildman–Crippen LogP) is 2.52. The number of hydrogen-bond donors (Lipinski definition) is 0. The van der Waals surface area contributed by atoms with Crippen molar-refractivity contribution < 1.29 is 18.9 Å². The number of furan rings is 1. The molecular weight excluding hydrogens is 226 g/mol. The van der Waals surface area contributed by atoms with Crippen LogP contribution in [0.1, 0.15) is 17.5 Å². The molecule has 0 fully saturated rings. The summed E-state index contributed by atoms with van der Waals surface area (Å²) in [6, 6.07) is 6.40. The van der Waals surface area contributed by atoms with Crippen LogP contribution in [0, 0.1) is 10.1 Å². The van der Waals surface area contributed by atoms with Gasteiger partial charge in [-0.3, -0.25) is 10.1 Å². The van der Waals surface area contributed by atoms with Crippen LogP contribution in [0.2, 0.25) is 0 Å². The number of nitro groups is 1. The van der Waals surface area contributed by atoms with Gasteiger partial charge in [-0.15, -0.1) is 0 Å². The normalized spacial score (nSPS) is 10.4. The molecule has 17 heavy (non-hydrogen) atoms. The summed E-state index contributed by atoms with van der Waals surface area (Å²) >= 11 is 0. The fraction of sp³-hybridized carbons (Fsp3) is 0.182. The molecule has 0 unspecified atom stereocenters. The topological polar surface area (TPSA) is 82.6 Å². The lowest BCUT2D eigenvalue weighted by Crippen LogP contribution is -2.05. The Kier molecular flexibility index (Phi) is 2.78. The monoisotopic (exact) mass is 235 g/mol. The van der Waals surface area contributed by atoms with Gasteiger partial charge < -0.3 is 9.15 Å². The molecule has 1 heterocycles. The Morgan fingerprint density at radius 3 is 2.82 bits per heavy atom. The maximum Gasteiger partial charge on any atom is 0.381 e. The van der Waals surface area contributed by atoms with Crippen LogP contribution in [0.25, 0.3) is 11.0 Å². The van der Waals surface area contributed by atoms with Crippen LogP contribution >= 0.6 is 0 Å². The van der Waals surface area contributed by atoms with E-state index >= 15 is 0 Å². The van der Waals surface area contributed by atoms with Crippen molar-refractivity contribution in [2.24, 2.45) is 0 Å². The third-order valence-electron chi connectivity index (χ3n) is 2.21. The van der Waals surface area contributed by atoms with Gasteiger partial charge in [0.05, 0.1) is 16.9 Å². The molecule has 0 spiro atoms. The molecule has 2 rings (SSSR count). The van der Waals surface area contributed by atoms with E-state index in [0.717, 1.165) is 0 Å². The second-order valence-electron chi connectivity index (χ2n) is 3.25. The van der Waals surface area contributed by atoms with Gasteiger partial charge in [-0.25, -0.2) is 4.79 Å². The van der Waals surface area contributed by atoms with E-state index in [1.165, 1.54) is 6.07 Å². The first-order valence-electron chi connectivity index (χ1n) is 4.98. The second kappa shape index (κ2) is 4.25. The van der Waals surface area contributed by atoms with Gasteiger partial charge in [-0.2, -0.15) is 0 Å². The second-order valence-corrected chi connectivity index (χ2v) is 3.25. The number of ether oxygens (including phenoxy) is 1. The Balaban J connectivity index is 2.66. The van der Waals surface area contributed by atoms with Crippen LogP contribution in [-0.4, -0.2) is 17.5 Å². The molecule has 0 atom stereocenters. The number of carbonyl (C=O) groups is 1. The fourth-order valence-corrected chi connectivity index (χ4v) is 1.55. The number of carbonyl (C=O) groups excluding carboxylic acids is 1. The minimum Gasteiger partial charge on any atom is -0.460 e. The molecule has 1 aromatic heterocycles. The predicted molar refractivity (Wildman–Crippen MR) is 58.8 cm³/mol. The first-order valence-corrected chi connectivity index (χ1v) is 4.98. The number of fused-ring (bicyclic) bond motifs is 1. The van der Waals surface area contributed by atoms with Crippen LogP contribution in [-0.2, 0) is 4.74 Å². The summed E-state index contributed by atoms with van der Waals surface area (Å²) in [5.41, 5.74) is -0.0543. The lowest BCUT2D eigenvalue weighted by molar-refractivity contribution is -0.383. The molecule has 0 aliphatic heterocycles. The fourth-order valence-electron chi connectivity index (χ4n) is 1.55. The Labute approximate surface area is 95.9 Å². The summed E-state index contributed by atoms with van der Waals surface area (Å²) < 4.78 is 9.87. The maximum atomic E-state index is 11.5. The van der Waals surface area contributed by atoms with Gasteiger partial charge in [0.2, 0.25) is 0 Å². The Hall–Kier alpha value is -2.37. The van der Waals surface area contributed by atoms with Crippen molar-refractivity contribution in [3.8, 4) is 0 Å². The molecular formula is C11H9NO5. The highest BCUT2D eigenvalue weighted by Gasteiger charge is 2.30. The molecule has 0 saturated heterocycles. The third-order valence-corrected chi connectivity index (χ3v) is 2.21. The van der Waals surface area contributed by atoms with Crippen molar-refractivity contribution in [3.05, 3.63) is 40.1 Å². The van der Waals surface area contributed by atoms with Crippen LogP contribution in [0.5, 0.6) is 0 Å². The quantitative estimate of drug-likeness (QED) is 0.463. The molecule has 6 nitrogen and oxygen atoms in total. The molecule has 0 amide bonds. The van der Waals surface area contributed by atoms with Crippen molar-refractivity contribution in [2.45, 2.75) is 6.92 Å². The van der Waals surface area contributed by atoms with E-state index in [0.29, 0.717) is 11.0 Å². The van der Waals surface area contributed by atoms with E-state index in [9.17, 15) is 14.9 Å². The highest BCUT2D eigenvalue weighted by Crippen LogP contribution is 2.32. The molecule has 0 saturated carbocycles. The minimum atomic E-state index is -0.824. The van der Waals surface area contributed by atoms with Crippen LogP contribution in [0.15, 0.2) is 28.7 Å². The van der Waals surface area contributed by atoms with Crippen LogP contribution < -0.4 is 0 Å². The Bertz CT molecular complexity index is 587. The SMILES string of the molecule is CCOC(=O)c1oc2ccccc2c1[N+](=O)[O-]. The average Bonchev–Trinajstić information content (AvgIpc) is 2.68. The van der Waals surface area contributed by atoms with E-state index < -0.39 is 10.9 Å². The van der Waals surface area contributed by atoms with Gasteiger partial charge in [-0.1, -0.05) is 12.1 Å². The van der Waals surface area contributed by atoms with Crippen molar-refractivity contribution in [1.82, 2.24) is 0 Å². The summed E-state index contributed by atoms with van der Waals surface area (Å²) in [6.07, 6.45) is 0. The Morgan fingerprint density at radius 1 is 1.47 bits per heavy atom. The highest BCUT2D eigenvalue weighted by atomic mass is 16.6. The van der Waals surface area contributed by atoms with Crippen LogP contribution in [0.3, 0.4) is 0 Å². The first kappa shape index (κ1) is 11.1. The zero-order valence-corrected chi connectivity index (χ0v) is 9.00. The van der Waals surface area contributed by atoms with Gasteiger partial charge in [0.1, 0.15) is 5.58 Å². The number of esters is 1. The zero-order chi connectivity index (χ0) is 12.4. The van der Waals surface area contributed by atoms with Gasteiger partial charge in [-0.05, 0) is 19.1 Å². The standard InChI is InChI=1S/C11H9NO5/c1-2-16-11(13)10-9(12(14)15)7-5-3-4-6-8(7)17-10/h3-6H,2H2,1H3. The smallest absolute Gasteiger partial charge is 0.381 e. The molecule has 0 radical (unpaired) electrons. The summed E-state index contributed by atoms with van der Waals surface area (Å²) in [6.45, 7) is 1.75. The van der Waals surface area contributed by atoms with Crippen molar-refractivity contribution in [3.63, 3.8) is 0 Å². The lowest BCUT2D eigenvalue weighted by Gasteiger charge is -1.96. The van der Waals surface area contributed by atoms with E-state index in [4.69, 9.17) is 9.15 Å². The molecule has 0 N–H and O–H groups in total. The summed E-state index contributed by atoms with van der Waals surface area (Å²) in [7, 11) is 0. The van der Waals surface area contributed by atoms with Crippen molar-refractivity contribution in [1.29, 1.82) is 0 Å². The third kappa shape index (κ3) is 1.84. The van der Waals surface area contributed by atoms with Crippen molar-refractivity contribution >= 4 is 22.6 Å². The molecule has 88 valence electrons. The zero-order valence-electron chi connectivity index (χ0n) is 9.00. The Morgan fingerprint density at radius 2 is 2.18 bits per heavy atom. The summed E-state index contributed by atoms with van der Waals surface area (Å²) in [4.78, 5) is 21.8. The highest BCUT2D eigenvalue weighted by molar-refractivity contribution is 6.01. The summed E-state index contributed by atoms with van der Waals surface area (Å²) in [5.74, 6) is -1.19. The largest absolute Gasteiger partial charge is 0.460 e. The number of nitrogens with zero attached hydrogens (tertiary/aromatic N) is 1. The van der Waals surface area contributed by atoms with E-state index in [2.05, 4.69) is 0 Å². The molecule has 2 aromatic rings. The first-order chi connectivity index (χ1) is 8.15. The van der Waals surface area contributed by atoms with Gasteiger partial charge in [0, 0.05) is 0 Å². The van der Waals surface area contributed by atoms with E-state index in [-0.39, 0.29) is 18.1 Å². The van der Waals surface area contributed by atoms with Crippen LogP contribution in [0.4, 0.5) is 5.69 Å². The summed E-state index contributed by atoms with van der Waals surface area (Å²) in [5, 5.41) is 11.2. The maximum absolute atomic E-state index is 11.5. The van der Waals surface area contributed by atoms with Crippen molar-refractivity contribution in [2.75, 3.05) is 6.61 Å². The number of para-hydroxylation sites is 1. The molecule has 0 aliphatic carbocycles. The molecule has 0 aliphatic rings. The number of hydrogen-bond acceptors (Lipinski definition) is 5.